The number of aromatic nitrogens is 2. The van der Waals surface area contributed by atoms with Crippen LogP contribution >= 0.6 is 0 Å². The summed E-state index contributed by atoms with van der Waals surface area (Å²) in [6.07, 6.45) is 0. The molecule has 5 nitrogen and oxygen atoms in total. The number of hydrogen-bond acceptors (Lipinski definition) is 5. The van der Waals surface area contributed by atoms with Crippen LogP contribution in [0.1, 0.15) is 17.4 Å². The third-order valence-corrected chi connectivity index (χ3v) is 2.45. The Morgan fingerprint density at radius 1 is 1.27 bits per heavy atom. The molecule has 0 aliphatic carbocycles. The van der Waals surface area contributed by atoms with Crippen LogP contribution in [0, 0.1) is 0 Å². The van der Waals surface area contributed by atoms with Gasteiger partial charge in [0, 0.05) is 5.56 Å². The van der Waals surface area contributed by atoms with Crippen LogP contribution < -0.4 is 10.5 Å². The average Bonchev–Trinajstić information content (AvgIpc) is 2.83. The predicted molar refractivity (Wildman–Crippen MR) is 52.5 cm³/mol. The first kappa shape index (κ1) is 8.28. The maximum Gasteiger partial charge on any atom is 0.312 e. The van der Waals surface area contributed by atoms with Gasteiger partial charge in [0.05, 0.1) is 0 Å². The molecule has 0 fully saturated rings. The number of nitrogens with zero attached hydrogens (tertiary/aromatic N) is 2. The summed E-state index contributed by atoms with van der Waals surface area (Å²) in [7, 11) is 0. The highest BCUT2D eigenvalue weighted by Gasteiger charge is 2.29. The summed E-state index contributed by atoms with van der Waals surface area (Å²) in [5.41, 5.74) is 6.46. The summed E-state index contributed by atoms with van der Waals surface area (Å²) in [5, 5.41) is 7.51. The SMILES string of the molecule is Nc1nnc(C2COc3ccccc32)o1. The number of ether oxygens (including phenoxy) is 1. The fraction of sp³-hybridized carbons (Fsp3) is 0.200. The third kappa shape index (κ3) is 1.24. The zero-order chi connectivity index (χ0) is 10.3. The lowest BCUT2D eigenvalue weighted by molar-refractivity contribution is 0.325. The van der Waals surface area contributed by atoms with E-state index < -0.39 is 0 Å². The first-order valence-corrected chi connectivity index (χ1v) is 4.65. The molecule has 1 aliphatic rings. The molecule has 0 amide bonds. The molecular formula is C10H9N3O2. The van der Waals surface area contributed by atoms with Gasteiger partial charge >= 0.3 is 6.01 Å². The molecule has 0 saturated carbocycles. The molecule has 2 heterocycles. The van der Waals surface area contributed by atoms with Crippen LogP contribution in [-0.2, 0) is 0 Å². The van der Waals surface area contributed by atoms with Gasteiger partial charge in [-0.1, -0.05) is 23.3 Å². The molecule has 15 heavy (non-hydrogen) atoms. The van der Waals surface area contributed by atoms with E-state index in [2.05, 4.69) is 10.2 Å². The number of nitrogens with two attached hydrogens (primary N) is 1. The van der Waals surface area contributed by atoms with Crippen LogP contribution in [-0.4, -0.2) is 16.8 Å². The van der Waals surface area contributed by atoms with Crippen molar-refractivity contribution in [2.75, 3.05) is 12.3 Å². The standard InChI is InChI=1S/C10H9N3O2/c11-10-13-12-9(15-10)7-5-14-8-4-2-1-3-6(7)8/h1-4,7H,5H2,(H2,11,13). The van der Waals surface area contributed by atoms with Gasteiger partial charge in [0.25, 0.3) is 0 Å². The fourth-order valence-electron chi connectivity index (χ4n) is 1.75. The Kier molecular flexibility index (Phi) is 1.65. The first-order chi connectivity index (χ1) is 7.34. The summed E-state index contributed by atoms with van der Waals surface area (Å²) < 4.78 is 10.7. The molecule has 1 unspecified atom stereocenters. The largest absolute Gasteiger partial charge is 0.492 e. The van der Waals surface area contributed by atoms with Crippen molar-refractivity contribution in [2.45, 2.75) is 5.92 Å². The summed E-state index contributed by atoms with van der Waals surface area (Å²) in [4.78, 5) is 0. The molecule has 0 radical (unpaired) electrons. The lowest BCUT2D eigenvalue weighted by Gasteiger charge is -2.01. The minimum absolute atomic E-state index is 0.00556. The highest BCUT2D eigenvalue weighted by Crippen LogP contribution is 2.37. The van der Waals surface area contributed by atoms with Gasteiger partial charge in [0.15, 0.2) is 0 Å². The van der Waals surface area contributed by atoms with E-state index >= 15 is 0 Å². The Labute approximate surface area is 85.9 Å². The molecule has 0 saturated heterocycles. The van der Waals surface area contributed by atoms with E-state index in [4.69, 9.17) is 14.9 Å². The number of fused-ring (bicyclic) bond motifs is 1. The maximum absolute atomic E-state index is 5.51. The normalized spacial score (nSPS) is 18.5. The van der Waals surface area contributed by atoms with E-state index in [1.54, 1.807) is 0 Å². The van der Waals surface area contributed by atoms with Crippen LogP contribution in [0.15, 0.2) is 28.7 Å². The average molecular weight is 203 g/mol. The molecular weight excluding hydrogens is 194 g/mol. The highest BCUT2D eigenvalue weighted by atomic mass is 16.5. The zero-order valence-electron chi connectivity index (χ0n) is 7.88. The number of nitrogen functional groups attached to an aromatic ring is 1. The van der Waals surface area contributed by atoms with Crippen molar-refractivity contribution in [2.24, 2.45) is 0 Å². The topological polar surface area (TPSA) is 74.2 Å². The van der Waals surface area contributed by atoms with Crippen molar-refractivity contribution in [3.05, 3.63) is 35.7 Å². The van der Waals surface area contributed by atoms with Crippen molar-refractivity contribution in [3.8, 4) is 5.75 Å². The van der Waals surface area contributed by atoms with Crippen LogP contribution in [0.3, 0.4) is 0 Å². The number of anilines is 1. The Morgan fingerprint density at radius 3 is 2.93 bits per heavy atom. The Hall–Kier alpha value is -2.04. The molecule has 0 bridgehead atoms. The van der Waals surface area contributed by atoms with Gasteiger partial charge in [-0.25, -0.2) is 0 Å². The molecule has 0 spiro atoms. The summed E-state index contributed by atoms with van der Waals surface area (Å²) in [6.45, 7) is 0.529. The second-order valence-corrected chi connectivity index (χ2v) is 3.38. The Morgan fingerprint density at radius 2 is 2.13 bits per heavy atom. The summed E-state index contributed by atoms with van der Waals surface area (Å²) in [6, 6.07) is 7.90. The number of para-hydroxylation sites is 1. The molecule has 1 aromatic carbocycles. The molecule has 1 aromatic heterocycles. The smallest absolute Gasteiger partial charge is 0.312 e. The molecule has 1 aliphatic heterocycles. The maximum atomic E-state index is 5.51. The van der Waals surface area contributed by atoms with Crippen LogP contribution in [0.5, 0.6) is 5.75 Å². The van der Waals surface area contributed by atoms with Gasteiger partial charge in [-0.15, -0.1) is 5.10 Å². The predicted octanol–water partition coefficient (Wildman–Crippen LogP) is 1.18. The minimum atomic E-state index is 0.00556. The number of benzene rings is 1. The molecule has 3 rings (SSSR count). The van der Waals surface area contributed by atoms with Crippen LogP contribution in [0.25, 0.3) is 0 Å². The van der Waals surface area contributed by atoms with Crippen LogP contribution in [0.4, 0.5) is 6.01 Å². The Balaban J connectivity index is 2.04. The van der Waals surface area contributed by atoms with Gasteiger partial charge < -0.3 is 14.9 Å². The van der Waals surface area contributed by atoms with Gasteiger partial charge in [-0.05, 0) is 6.07 Å². The van der Waals surface area contributed by atoms with E-state index in [1.807, 2.05) is 24.3 Å². The van der Waals surface area contributed by atoms with Gasteiger partial charge in [0.1, 0.15) is 18.3 Å². The van der Waals surface area contributed by atoms with E-state index in [0.29, 0.717) is 12.5 Å². The van der Waals surface area contributed by atoms with E-state index in [0.717, 1.165) is 11.3 Å². The van der Waals surface area contributed by atoms with Gasteiger partial charge in [-0.3, -0.25) is 0 Å². The van der Waals surface area contributed by atoms with Crippen molar-refractivity contribution in [3.63, 3.8) is 0 Å². The second kappa shape index (κ2) is 2.98. The summed E-state index contributed by atoms with van der Waals surface area (Å²) in [5.74, 6) is 1.39. The first-order valence-electron chi connectivity index (χ1n) is 4.65. The quantitative estimate of drug-likeness (QED) is 0.753. The molecule has 2 N–H and O–H groups in total. The molecule has 2 aromatic rings. The highest BCUT2D eigenvalue weighted by molar-refractivity contribution is 5.42. The number of hydrogen-bond donors (Lipinski definition) is 1. The fourth-order valence-corrected chi connectivity index (χ4v) is 1.75. The van der Waals surface area contributed by atoms with Crippen molar-refractivity contribution in [1.82, 2.24) is 10.2 Å². The van der Waals surface area contributed by atoms with Crippen LogP contribution in [0.2, 0.25) is 0 Å². The monoisotopic (exact) mass is 203 g/mol. The zero-order valence-corrected chi connectivity index (χ0v) is 7.88. The molecule has 5 heteroatoms. The van der Waals surface area contributed by atoms with Crippen molar-refractivity contribution < 1.29 is 9.15 Å². The second-order valence-electron chi connectivity index (χ2n) is 3.38. The van der Waals surface area contributed by atoms with E-state index in [1.165, 1.54) is 0 Å². The van der Waals surface area contributed by atoms with Crippen molar-refractivity contribution in [1.29, 1.82) is 0 Å². The molecule has 1 atom stereocenters. The lowest BCUT2D eigenvalue weighted by atomic mass is 10.0. The third-order valence-electron chi connectivity index (χ3n) is 2.45. The van der Waals surface area contributed by atoms with Gasteiger partial charge in [-0.2, -0.15) is 0 Å². The minimum Gasteiger partial charge on any atom is -0.492 e. The molecule has 76 valence electrons. The summed E-state index contributed by atoms with van der Waals surface area (Å²) >= 11 is 0. The van der Waals surface area contributed by atoms with E-state index in [9.17, 15) is 0 Å². The van der Waals surface area contributed by atoms with E-state index in [-0.39, 0.29) is 11.9 Å². The van der Waals surface area contributed by atoms with Gasteiger partial charge in [0.2, 0.25) is 5.89 Å². The number of rotatable bonds is 1. The Bertz CT molecular complexity index is 495. The van der Waals surface area contributed by atoms with Crippen molar-refractivity contribution >= 4 is 6.01 Å². The lowest BCUT2D eigenvalue weighted by Crippen LogP contribution is -2.02.